The van der Waals surface area contributed by atoms with E-state index in [1.165, 1.54) is 0 Å². The van der Waals surface area contributed by atoms with Gasteiger partial charge in [0.1, 0.15) is 0 Å². The van der Waals surface area contributed by atoms with Crippen molar-refractivity contribution in [3.63, 3.8) is 0 Å². The molecule has 0 aliphatic rings. The first-order valence-corrected chi connectivity index (χ1v) is 8.37. The first-order chi connectivity index (χ1) is 13.4. The molecular formula is C22H16N2O4. The fourth-order valence-electron chi connectivity index (χ4n) is 2.87. The van der Waals surface area contributed by atoms with Crippen LogP contribution in [0.3, 0.4) is 0 Å². The van der Waals surface area contributed by atoms with Crippen molar-refractivity contribution in [1.29, 1.82) is 0 Å². The molecule has 0 aliphatic carbocycles. The van der Waals surface area contributed by atoms with E-state index in [9.17, 15) is 19.2 Å². The number of carbonyl (C=O) groups excluding carboxylic acids is 4. The van der Waals surface area contributed by atoms with Crippen molar-refractivity contribution in [3.8, 4) is 0 Å². The zero-order valence-corrected chi connectivity index (χ0v) is 14.7. The van der Waals surface area contributed by atoms with Crippen molar-refractivity contribution in [2.45, 2.75) is 0 Å². The summed E-state index contributed by atoms with van der Waals surface area (Å²) >= 11 is 0. The Morgan fingerprint density at radius 1 is 0.500 bits per heavy atom. The molecular weight excluding hydrogens is 356 g/mol. The third-order valence-corrected chi connectivity index (χ3v) is 4.25. The highest BCUT2D eigenvalue weighted by Crippen LogP contribution is 2.23. The molecule has 28 heavy (non-hydrogen) atoms. The van der Waals surface area contributed by atoms with Gasteiger partial charge in [0.15, 0.2) is 11.6 Å². The Morgan fingerprint density at radius 2 is 0.821 bits per heavy atom. The van der Waals surface area contributed by atoms with E-state index >= 15 is 0 Å². The summed E-state index contributed by atoms with van der Waals surface area (Å²) in [4.78, 5) is 49.7. The number of ketones is 2. The number of primary amides is 2. The number of nitrogens with two attached hydrogens (primary N) is 2. The van der Waals surface area contributed by atoms with Crippen LogP contribution in [0.1, 0.15) is 52.6 Å². The quantitative estimate of drug-likeness (QED) is 0.645. The highest BCUT2D eigenvalue weighted by atomic mass is 16.2. The Kier molecular flexibility index (Phi) is 5.13. The van der Waals surface area contributed by atoms with Gasteiger partial charge in [-0.1, -0.05) is 60.7 Å². The van der Waals surface area contributed by atoms with E-state index in [4.69, 9.17) is 11.5 Å². The molecule has 0 saturated heterocycles. The minimum absolute atomic E-state index is 0.0860. The molecule has 0 heterocycles. The van der Waals surface area contributed by atoms with Gasteiger partial charge in [0, 0.05) is 22.3 Å². The summed E-state index contributed by atoms with van der Waals surface area (Å²) in [5, 5.41) is 0. The van der Waals surface area contributed by atoms with Crippen LogP contribution in [0.25, 0.3) is 0 Å². The van der Waals surface area contributed by atoms with Crippen molar-refractivity contribution in [3.05, 3.63) is 106 Å². The predicted octanol–water partition coefficient (Wildman–Crippen LogP) is 2.35. The summed E-state index contributed by atoms with van der Waals surface area (Å²) in [6.45, 7) is 0. The van der Waals surface area contributed by atoms with Crippen LogP contribution in [0.4, 0.5) is 0 Å². The molecule has 2 amide bonds. The molecule has 6 nitrogen and oxygen atoms in total. The maximum atomic E-state index is 12.9. The fourth-order valence-corrected chi connectivity index (χ4v) is 2.87. The van der Waals surface area contributed by atoms with E-state index in [2.05, 4.69) is 0 Å². The standard InChI is InChI=1S/C22H16N2O4/c23-21(27)17-12-16(20(26)14-9-5-2-6-10-14)18(22(24)28)11-15(17)19(25)13-7-3-1-4-8-13/h1-12H,(H2,23,27)(H2,24,28). The number of hydrogen-bond acceptors (Lipinski definition) is 4. The predicted molar refractivity (Wildman–Crippen MR) is 103 cm³/mol. The van der Waals surface area contributed by atoms with Crippen molar-refractivity contribution in [2.75, 3.05) is 0 Å². The van der Waals surface area contributed by atoms with Gasteiger partial charge in [-0.3, -0.25) is 19.2 Å². The van der Waals surface area contributed by atoms with Crippen molar-refractivity contribution in [2.24, 2.45) is 11.5 Å². The monoisotopic (exact) mass is 372 g/mol. The zero-order valence-electron chi connectivity index (χ0n) is 14.7. The fraction of sp³-hybridized carbons (Fsp3) is 0. The van der Waals surface area contributed by atoms with Crippen LogP contribution >= 0.6 is 0 Å². The van der Waals surface area contributed by atoms with Crippen LogP contribution < -0.4 is 11.5 Å². The SMILES string of the molecule is NC(=O)c1cc(C(=O)c2ccccc2)c(C(N)=O)cc1C(=O)c1ccccc1. The Bertz CT molecular complexity index is 1000. The van der Waals surface area contributed by atoms with Gasteiger partial charge < -0.3 is 11.5 Å². The topological polar surface area (TPSA) is 120 Å². The second kappa shape index (κ2) is 7.67. The summed E-state index contributed by atoms with van der Waals surface area (Å²) in [7, 11) is 0. The second-order valence-corrected chi connectivity index (χ2v) is 6.06. The molecule has 0 aromatic heterocycles. The van der Waals surface area contributed by atoms with Crippen LogP contribution in [0.5, 0.6) is 0 Å². The average molecular weight is 372 g/mol. The maximum Gasteiger partial charge on any atom is 0.249 e. The van der Waals surface area contributed by atoms with Gasteiger partial charge in [0.25, 0.3) is 0 Å². The molecule has 3 rings (SSSR count). The third kappa shape index (κ3) is 3.57. The molecule has 3 aromatic rings. The van der Waals surface area contributed by atoms with Crippen LogP contribution in [-0.4, -0.2) is 23.4 Å². The normalized spacial score (nSPS) is 10.3. The molecule has 4 N–H and O–H groups in total. The molecule has 138 valence electrons. The molecule has 0 radical (unpaired) electrons. The van der Waals surface area contributed by atoms with Crippen LogP contribution in [0, 0.1) is 0 Å². The van der Waals surface area contributed by atoms with Gasteiger partial charge >= 0.3 is 0 Å². The molecule has 0 aliphatic heterocycles. The highest BCUT2D eigenvalue weighted by molar-refractivity contribution is 6.20. The number of benzene rings is 3. The minimum atomic E-state index is -0.891. The second-order valence-electron chi connectivity index (χ2n) is 6.06. The summed E-state index contributed by atoms with van der Waals surface area (Å²) < 4.78 is 0. The summed E-state index contributed by atoms with van der Waals surface area (Å²) in [6, 6.07) is 18.7. The number of amides is 2. The average Bonchev–Trinajstić information content (AvgIpc) is 2.72. The van der Waals surface area contributed by atoms with Crippen LogP contribution in [0.2, 0.25) is 0 Å². The van der Waals surface area contributed by atoms with Crippen LogP contribution in [-0.2, 0) is 0 Å². The van der Waals surface area contributed by atoms with E-state index in [-0.39, 0.29) is 22.3 Å². The number of hydrogen-bond donors (Lipinski definition) is 2. The Balaban J connectivity index is 2.22. The lowest BCUT2D eigenvalue weighted by Crippen LogP contribution is -2.23. The highest BCUT2D eigenvalue weighted by Gasteiger charge is 2.25. The summed E-state index contributed by atoms with van der Waals surface area (Å²) in [6.07, 6.45) is 0. The zero-order chi connectivity index (χ0) is 20.3. The summed E-state index contributed by atoms with van der Waals surface area (Å²) in [5.74, 6) is -2.79. The molecule has 0 saturated carbocycles. The van der Waals surface area contributed by atoms with Gasteiger partial charge in [-0.05, 0) is 12.1 Å². The molecule has 0 bridgehead atoms. The van der Waals surface area contributed by atoms with E-state index in [1.807, 2.05) is 0 Å². The lowest BCUT2D eigenvalue weighted by molar-refractivity contribution is 0.0970. The lowest BCUT2D eigenvalue weighted by Gasteiger charge is -2.12. The summed E-state index contributed by atoms with van der Waals surface area (Å²) in [5.41, 5.74) is 11.0. The first-order valence-electron chi connectivity index (χ1n) is 8.37. The van der Waals surface area contributed by atoms with Gasteiger partial charge in [-0.25, -0.2) is 0 Å². The molecule has 0 spiro atoms. The molecule has 3 aromatic carbocycles. The Morgan fingerprint density at radius 3 is 1.11 bits per heavy atom. The lowest BCUT2D eigenvalue weighted by atomic mass is 9.89. The van der Waals surface area contributed by atoms with Crippen molar-refractivity contribution >= 4 is 23.4 Å². The molecule has 0 fully saturated rings. The van der Waals surface area contributed by atoms with Gasteiger partial charge in [-0.2, -0.15) is 0 Å². The largest absolute Gasteiger partial charge is 0.366 e. The van der Waals surface area contributed by atoms with E-state index in [0.717, 1.165) is 12.1 Å². The maximum absolute atomic E-state index is 12.9. The Hall–Kier alpha value is -4.06. The van der Waals surface area contributed by atoms with Gasteiger partial charge in [-0.15, -0.1) is 0 Å². The molecule has 6 heteroatoms. The van der Waals surface area contributed by atoms with Gasteiger partial charge in [0.05, 0.1) is 11.1 Å². The van der Waals surface area contributed by atoms with Gasteiger partial charge in [0.2, 0.25) is 11.8 Å². The van der Waals surface area contributed by atoms with Crippen molar-refractivity contribution in [1.82, 2.24) is 0 Å². The smallest absolute Gasteiger partial charge is 0.249 e. The van der Waals surface area contributed by atoms with E-state index in [0.29, 0.717) is 11.1 Å². The first kappa shape index (κ1) is 18.7. The van der Waals surface area contributed by atoms with Crippen LogP contribution in [0.15, 0.2) is 72.8 Å². The third-order valence-electron chi connectivity index (χ3n) is 4.25. The minimum Gasteiger partial charge on any atom is -0.366 e. The number of carbonyl (C=O) groups is 4. The molecule has 0 unspecified atom stereocenters. The van der Waals surface area contributed by atoms with Crippen molar-refractivity contribution < 1.29 is 19.2 Å². The van der Waals surface area contributed by atoms with E-state index < -0.39 is 23.4 Å². The Labute approximate surface area is 160 Å². The van der Waals surface area contributed by atoms with E-state index in [1.54, 1.807) is 60.7 Å². The molecule has 0 atom stereocenters. The number of rotatable bonds is 6.